The van der Waals surface area contributed by atoms with Gasteiger partial charge in [0.1, 0.15) is 0 Å². The van der Waals surface area contributed by atoms with Crippen molar-refractivity contribution in [2.75, 3.05) is 57.7 Å². The zero-order valence-electron chi connectivity index (χ0n) is 16.6. The van der Waals surface area contributed by atoms with E-state index in [1.807, 2.05) is 36.1 Å². The van der Waals surface area contributed by atoms with Gasteiger partial charge < -0.3 is 10.2 Å². The standard InChI is InChI=1S/C21H32N4O2/c1-17-5-7-19(8-6-17)22-20(26)15-23-10-12-24(13-11-23)16-21(27)25-9-3-4-18(2)14-25/h5-8,18H,3-4,9-16H2,1-2H3,(H,22,26). The zero-order valence-corrected chi connectivity index (χ0v) is 16.6. The molecule has 2 heterocycles. The molecule has 0 aromatic heterocycles. The third-order valence-electron chi connectivity index (χ3n) is 5.54. The molecule has 27 heavy (non-hydrogen) atoms. The molecular weight excluding hydrogens is 340 g/mol. The Bertz CT molecular complexity index is 638. The highest BCUT2D eigenvalue weighted by Gasteiger charge is 2.25. The Hall–Kier alpha value is -1.92. The van der Waals surface area contributed by atoms with Crippen LogP contribution >= 0.6 is 0 Å². The molecule has 2 aliphatic heterocycles. The summed E-state index contributed by atoms with van der Waals surface area (Å²) in [5.74, 6) is 0.893. The summed E-state index contributed by atoms with van der Waals surface area (Å²) in [4.78, 5) is 31.1. The van der Waals surface area contributed by atoms with E-state index in [0.717, 1.165) is 51.4 Å². The van der Waals surface area contributed by atoms with Crippen molar-refractivity contribution in [1.82, 2.24) is 14.7 Å². The second-order valence-corrected chi connectivity index (χ2v) is 8.05. The molecule has 0 aliphatic carbocycles. The number of carbonyl (C=O) groups is 2. The molecule has 148 valence electrons. The van der Waals surface area contributed by atoms with Gasteiger partial charge in [-0.05, 0) is 37.8 Å². The van der Waals surface area contributed by atoms with Crippen molar-refractivity contribution < 1.29 is 9.59 Å². The Morgan fingerprint density at radius 1 is 1.00 bits per heavy atom. The summed E-state index contributed by atoms with van der Waals surface area (Å²) in [5.41, 5.74) is 2.02. The lowest BCUT2D eigenvalue weighted by molar-refractivity contribution is -0.134. The van der Waals surface area contributed by atoms with Crippen LogP contribution in [0.15, 0.2) is 24.3 Å². The van der Waals surface area contributed by atoms with Gasteiger partial charge in [-0.2, -0.15) is 0 Å². The Balaban J connectivity index is 1.37. The highest BCUT2D eigenvalue weighted by atomic mass is 16.2. The summed E-state index contributed by atoms with van der Waals surface area (Å²) in [6.45, 7) is 10.3. The van der Waals surface area contributed by atoms with E-state index in [1.54, 1.807) is 0 Å². The number of piperazine rings is 1. The highest BCUT2D eigenvalue weighted by molar-refractivity contribution is 5.92. The molecule has 1 aromatic carbocycles. The average molecular weight is 373 g/mol. The van der Waals surface area contributed by atoms with Gasteiger partial charge in [0.15, 0.2) is 0 Å². The maximum absolute atomic E-state index is 12.5. The minimum absolute atomic E-state index is 0.0192. The van der Waals surface area contributed by atoms with E-state index < -0.39 is 0 Å². The highest BCUT2D eigenvalue weighted by Crippen LogP contribution is 2.16. The number of benzene rings is 1. The lowest BCUT2D eigenvalue weighted by Gasteiger charge is -2.36. The summed E-state index contributed by atoms with van der Waals surface area (Å²) in [6.07, 6.45) is 2.35. The predicted octanol–water partition coefficient (Wildman–Crippen LogP) is 1.81. The molecular formula is C21H32N4O2. The fourth-order valence-electron chi connectivity index (χ4n) is 3.85. The van der Waals surface area contributed by atoms with E-state index in [9.17, 15) is 9.59 Å². The molecule has 6 heteroatoms. The molecule has 1 atom stereocenters. The number of likely N-dealkylation sites (tertiary alicyclic amines) is 1. The van der Waals surface area contributed by atoms with Crippen molar-refractivity contribution in [2.45, 2.75) is 26.7 Å². The molecule has 1 unspecified atom stereocenters. The first kappa shape index (κ1) is 19.8. The second-order valence-electron chi connectivity index (χ2n) is 8.05. The number of anilines is 1. The van der Waals surface area contributed by atoms with E-state index in [0.29, 0.717) is 19.0 Å². The van der Waals surface area contributed by atoms with Crippen LogP contribution in [0, 0.1) is 12.8 Å². The molecule has 2 amide bonds. The molecule has 0 bridgehead atoms. The van der Waals surface area contributed by atoms with Crippen LogP contribution in [0.3, 0.4) is 0 Å². The molecule has 2 aliphatic rings. The molecule has 2 saturated heterocycles. The van der Waals surface area contributed by atoms with Gasteiger partial charge in [0, 0.05) is 45.0 Å². The molecule has 2 fully saturated rings. The van der Waals surface area contributed by atoms with Crippen LogP contribution < -0.4 is 5.32 Å². The van der Waals surface area contributed by atoms with Crippen molar-refractivity contribution in [3.8, 4) is 0 Å². The maximum atomic E-state index is 12.5. The van der Waals surface area contributed by atoms with Crippen LogP contribution in [0.4, 0.5) is 5.69 Å². The lowest BCUT2D eigenvalue weighted by Crippen LogP contribution is -2.52. The normalized spacial score (nSPS) is 21.9. The second kappa shape index (κ2) is 9.33. The summed E-state index contributed by atoms with van der Waals surface area (Å²) in [7, 11) is 0. The molecule has 0 saturated carbocycles. The quantitative estimate of drug-likeness (QED) is 0.857. The molecule has 0 radical (unpaired) electrons. The molecule has 3 rings (SSSR count). The first-order valence-electron chi connectivity index (χ1n) is 10.1. The van der Waals surface area contributed by atoms with Crippen LogP contribution in [0.25, 0.3) is 0 Å². The van der Waals surface area contributed by atoms with Crippen molar-refractivity contribution in [1.29, 1.82) is 0 Å². The number of aryl methyl sites for hydroxylation is 1. The van der Waals surface area contributed by atoms with Gasteiger partial charge in [0.25, 0.3) is 0 Å². The Labute approximate surface area is 162 Å². The van der Waals surface area contributed by atoms with Crippen molar-refractivity contribution >= 4 is 17.5 Å². The van der Waals surface area contributed by atoms with Crippen molar-refractivity contribution in [3.05, 3.63) is 29.8 Å². The SMILES string of the molecule is Cc1ccc(NC(=O)CN2CCN(CC(=O)N3CCCC(C)C3)CC2)cc1. The van der Waals surface area contributed by atoms with Gasteiger partial charge in [-0.3, -0.25) is 19.4 Å². The van der Waals surface area contributed by atoms with Gasteiger partial charge >= 0.3 is 0 Å². The smallest absolute Gasteiger partial charge is 0.238 e. The van der Waals surface area contributed by atoms with E-state index in [2.05, 4.69) is 22.0 Å². The fraction of sp³-hybridized carbons (Fsp3) is 0.619. The topological polar surface area (TPSA) is 55.9 Å². The number of hydrogen-bond acceptors (Lipinski definition) is 4. The van der Waals surface area contributed by atoms with Crippen molar-refractivity contribution in [3.63, 3.8) is 0 Å². The van der Waals surface area contributed by atoms with Gasteiger partial charge in [0.2, 0.25) is 11.8 Å². The van der Waals surface area contributed by atoms with Gasteiger partial charge in [-0.25, -0.2) is 0 Å². The van der Waals surface area contributed by atoms with Gasteiger partial charge in [0.05, 0.1) is 13.1 Å². The number of rotatable bonds is 5. The number of carbonyl (C=O) groups excluding carboxylic acids is 2. The monoisotopic (exact) mass is 372 g/mol. The largest absolute Gasteiger partial charge is 0.341 e. The van der Waals surface area contributed by atoms with Crippen LogP contribution in [0.2, 0.25) is 0 Å². The Morgan fingerprint density at radius 3 is 2.26 bits per heavy atom. The van der Waals surface area contributed by atoms with Crippen LogP contribution in [-0.4, -0.2) is 78.9 Å². The van der Waals surface area contributed by atoms with E-state index in [-0.39, 0.29) is 11.8 Å². The first-order valence-corrected chi connectivity index (χ1v) is 10.1. The minimum atomic E-state index is 0.0192. The fourth-order valence-corrected chi connectivity index (χ4v) is 3.85. The Morgan fingerprint density at radius 2 is 1.63 bits per heavy atom. The van der Waals surface area contributed by atoms with E-state index in [1.165, 1.54) is 12.0 Å². The van der Waals surface area contributed by atoms with Gasteiger partial charge in [-0.1, -0.05) is 24.6 Å². The minimum Gasteiger partial charge on any atom is -0.341 e. The van der Waals surface area contributed by atoms with Crippen LogP contribution in [0.5, 0.6) is 0 Å². The molecule has 1 N–H and O–H groups in total. The van der Waals surface area contributed by atoms with E-state index in [4.69, 9.17) is 0 Å². The third-order valence-corrected chi connectivity index (χ3v) is 5.54. The van der Waals surface area contributed by atoms with Gasteiger partial charge in [-0.15, -0.1) is 0 Å². The summed E-state index contributed by atoms with van der Waals surface area (Å²) in [6, 6.07) is 7.85. The lowest BCUT2D eigenvalue weighted by atomic mass is 10.0. The number of nitrogens with one attached hydrogen (secondary N) is 1. The number of amides is 2. The molecule has 1 aromatic rings. The number of nitrogens with zero attached hydrogens (tertiary/aromatic N) is 3. The number of piperidine rings is 1. The summed E-state index contributed by atoms with van der Waals surface area (Å²) in [5, 5.41) is 2.95. The number of hydrogen-bond donors (Lipinski definition) is 1. The van der Waals surface area contributed by atoms with Crippen LogP contribution in [0.1, 0.15) is 25.3 Å². The summed E-state index contributed by atoms with van der Waals surface area (Å²) < 4.78 is 0. The molecule has 0 spiro atoms. The third kappa shape index (κ3) is 6.04. The maximum Gasteiger partial charge on any atom is 0.238 e. The Kier molecular flexibility index (Phi) is 6.85. The predicted molar refractivity (Wildman–Crippen MR) is 108 cm³/mol. The van der Waals surface area contributed by atoms with Crippen LogP contribution in [-0.2, 0) is 9.59 Å². The average Bonchev–Trinajstić information content (AvgIpc) is 2.65. The van der Waals surface area contributed by atoms with E-state index >= 15 is 0 Å². The zero-order chi connectivity index (χ0) is 19.2. The summed E-state index contributed by atoms with van der Waals surface area (Å²) >= 11 is 0. The first-order chi connectivity index (χ1) is 13.0. The van der Waals surface area contributed by atoms with Crippen molar-refractivity contribution in [2.24, 2.45) is 5.92 Å². The molecule has 6 nitrogen and oxygen atoms in total.